The second kappa shape index (κ2) is 6.97. The van der Waals surface area contributed by atoms with Gasteiger partial charge in [-0.2, -0.15) is 4.37 Å². The summed E-state index contributed by atoms with van der Waals surface area (Å²) in [7, 11) is 1.71. The number of nitrogens with zero attached hydrogens (tertiary/aromatic N) is 3. The maximum Gasteiger partial charge on any atom is 0.202 e. The van der Waals surface area contributed by atoms with Crippen LogP contribution in [0.2, 0.25) is 0 Å². The molecule has 0 saturated carbocycles. The number of hydrogen-bond acceptors (Lipinski definition) is 6. The topological polar surface area (TPSA) is 50.3 Å². The Morgan fingerprint density at radius 2 is 2.17 bits per heavy atom. The molecule has 2 aromatic rings. The maximum absolute atomic E-state index is 5.34. The molecule has 1 unspecified atom stereocenters. The van der Waals surface area contributed by atoms with E-state index in [-0.39, 0.29) is 5.41 Å². The fraction of sp³-hybridized carbons (Fsp3) is 0.556. The Balaban J connectivity index is 1.66. The molecular weight excluding hydrogens is 320 g/mol. The van der Waals surface area contributed by atoms with Gasteiger partial charge in [0.05, 0.1) is 7.11 Å². The molecule has 1 aliphatic rings. The number of aromatic nitrogens is 2. The van der Waals surface area contributed by atoms with E-state index in [4.69, 9.17) is 4.74 Å². The van der Waals surface area contributed by atoms with Gasteiger partial charge in [0.2, 0.25) is 5.13 Å². The lowest BCUT2D eigenvalue weighted by atomic mass is 9.96. The molecule has 0 spiro atoms. The van der Waals surface area contributed by atoms with Gasteiger partial charge in [-0.25, -0.2) is 4.98 Å². The Morgan fingerprint density at radius 1 is 1.33 bits per heavy atom. The number of ether oxygens (including phenoxy) is 1. The zero-order chi connectivity index (χ0) is 17.2. The first-order valence-corrected chi connectivity index (χ1v) is 9.23. The highest BCUT2D eigenvalue weighted by Gasteiger charge is 2.23. The van der Waals surface area contributed by atoms with Crippen LogP contribution in [0.25, 0.3) is 0 Å². The Bertz CT molecular complexity index is 680. The molecule has 1 atom stereocenters. The van der Waals surface area contributed by atoms with Crippen LogP contribution in [-0.4, -0.2) is 35.6 Å². The summed E-state index contributed by atoms with van der Waals surface area (Å²) in [5, 5.41) is 4.50. The lowest BCUT2D eigenvalue weighted by Gasteiger charge is -2.34. The SMILES string of the molecule is COc1cccc(N2CCCC(Nc3nc(C(C)(C)C)ns3)C2)c1. The molecule has 5 nitrogen and oxygen atoms in total. The molecule has 2 heterocycles. The van der Waals surface area contributed by atoms with E-state index in [1.165, 1.54) is 23.6 Å². The van der Waals surface area contributed by atoms with Crippen LogP contribution in [0.4, 0.5) is 10.8 Å². The molecule has 24 heavy (non-hydrogen) atoms. The summed E-state index contributed by atoms with van der Waals surface area (Å²) in [5.74, 6) is 1.82. The van der Waals surface area contributed by atoms with E-state index in [0.717, 1.165) is 36.2 Å². The van der Waals surface area contributed by atoms with Gasteiger partial charge in [0, 0.05) is 47.8 Å². The first-order chi connectivity index (χ1) is 11.5. The molecule has 0 bridgehead atoms. The molecule has 1 fully saturated rings. The number of benzene rings is 1. The summed E-state index contributed by atoms with van der Waals surface area (Å²) in [5.41, 5.74) is 1.21. The fourth-order valence-electron chi connectivity index (χ4n) is 2.90. The van der Waals surface area contributed by atoms with Crippen molar-refractivity contribution in [2.45, 2.75) is 45.1 Å². The van der Waals surface area contributed by atoms with E-state index >= 15 is 0 Å². The average molecular weight is 347 g/mol. The second-order valence-corrected chi connectivity index (χ2v) is 8.06. The Morgan fingerprint density at radius 3 is 2.88 bits per heavy atom. The normalized spacial score (nSPS) is 18.5. The maximum atomic E-state index is 5.34. The monoisotopic (exact) mass is 346 g/mol. The molecule has 1 aromatic carbocycles. The van der Waals surface area contributed by atoms with Gasteiger partial charge in [-0.3, -0.25) is 0 Å². The summed E-state index contributed by atoms with van der Waals surface area (Å²) in [4.78, 5) is 7.07. The van der Waals surface area contributed by atoms with Crippen molar-refractivity contribution in [3.8, 4) is 5.75 Å². The molecule has 3 rings (SSSR count). The van der Waals surface area contributed by atoms with Crippen molar-refractivity contribution in [3.63, 3.8) is 0 Å². The van der Waals surface area contributed by atoms with Gasteiger partial charge >= 0.3 is 0 Å². The van der Waals surface area contributed by atoms with Gasteiger partial charge < -0.3 is 15.0 Å². The van der Waals surface area contributed by atoms with Crippen LogP contribution >= 0.6 is 11.5 Å². The van der Waals surface area contributed by atoms with Crippen LogP contribution in [0.15, 0.2) is 24.3 Å². The van der Waals surface area contributed by atoms with Crippen LogP contribution in [0.1, 0.15) is 39.4 Å². The third-order valence-corrected chi connectivity index (χ3v) is 4.91. The van der Waals surface area contributed by atoms with Gasteiger partial charge in [0.25, 0.3) is 0 Å². The lowest BCUT2D eigenvalue weighted by Crippen LogP contribution is -2.42. The van der Waals surface area contributed by atoms with E-state index in [1.54, 1.807) is 7.11 Å². The minimum atomic E-state index is -0.00434. The number of piperidine rings is 1. The Hall–Kier alpha value is -1.82. The predicted octanol–water partition coefficient (Wildman–Crippen LogP) is 3.93. The first-order valence-electron chi connectivity index (χ1n) is 8.45. The molecule has 130 valence electrons. The van der Waals surface area contributed by atoms with E-state index in [0.29, 0.717) is 6.04 Å². The van der Waals surface area contributed by atoms with Crippen molar-refractivity contribution in [3.05, 3.63) is 30.1 Å². The van der Waals surface area contributed by atoms with E-state index in [9.17, 15) is 0 Å². The van der Waals surface area contributed by atoms with Gasteiger partial charge in [-0.05, 0) is 25.0 Å². The van der Waals surface area contributed by atoms with Crippen LogP contribution < -0.4 is 15.0 Å². The largest absolute Gasteiger partial charge is 0.497 e. The average Bonchev–Trinajstić information content (AvgIpc) is 3.04. The van der Waals surface area contributed by atoms with Gasteiger partial charge in [0.1, 0.15) is 11.6 Å². The predicted molar refractivity (Wildman–Crippen MR) is 100 cm³/mol. The van der Waals surface area contributed by atoms with Crippen molar-refractivity contribution in [1.82, 2.24) is 9.36 Å². The van der Waals surface area contributed by atoms with Gasteiger partial charge in [-0.15, -0.1) is 0 Å². The van der Waals surface area contributed by atoms with Crippen molar-refractivity contribution in [1.29, 1.82) is 0 Å². The molecule has 1 saturated heterocycles. The summed E-state index contributed by atoms with van der Waals surface area (Å²) in [6, 6.07) is 8.67. The smallest absolute Gasteiger partial charge is 0.202 e. The number of nitrogens with one attached hydrogen (secondary N) is 1. The minimum Gasteiger partial charge on any atom is -0.497 e. The summed E-state index contributed by atoms with van der Waals surface area (Å²) in [6.07, 6.45) is 2.32. The summed E-state index contributed by atoms with van der Waals surface area (Å²) in [6.45, 7) is 8.48. The molecule has 0 radical (unpaired) electrons. The fourth-order valence-corrected chi connectivity index (χ4v) is 3.73. The highest BCUT2D eigenvalue weighted by atomic mass is 32.1. The first kappa shape index (κ1) is 17.0. The van der Waals surface area contributed by atoms with Crippen LogP contribution in [0.3, 0.4) is 0 Å². The number of methoxy groups -OCH3 is 1. The quantitative estimate of drug-likeness (QED) is 0.909. The zero-order valence-corrected chi connectivity index (χ0v) is 15.7. The van der Waals surface area contributed by atoms with Crippen molar-refractivity contribution < 1.29 is 4.74 Å². The molecule has 1 aromatic heterocycles. The van der Waals surface area contributed by atoms with E-state index < -0.39 is 0 Å². The summed E-state index contributed by atoms with van der Waals surface area (Å²) < 4.78 is 9.83. The van der Waals surface area contributed by atoms with Crippen molar-refractivity contribution in [2.24, 2.45) is 0 Å². The third-order valence-electron chi connectivity index (χ3n) is 4.26. The number of rotatable bonds is 4. The minimum absolute atomic E-state index is 0.00434. The molecule has 0 amide bonds. The molecular formula is C18H26N4OS. The highest BCUT2D eigenvalue weighted by Crippen LogP contribution is 2.27. The molecule has 0 aliphatic carbocycles. The highest BCUT2D eigenvalue weighted by molar-refractivity contribution is 7.09. The van der Waals surface area contributed by atoms with Gasteiger partial charge in [-0.1, -0.05) is 26.8 Å². The van der Waals surface area contributed by atoms with E-state index in [2.05, 4.69) is 52.5 Å². The molecule has 6 heteroatoms. The zero-order valence-electron chi connectivity index (χ0n) is 14.9. The van der Waals surface area contributed by atoms with Crippen LogP contribution in [0, 0.1) is 0 Å². The van der Waals surface area contributed by atoms with Crippen molar-refractivity contribution >= 4 is 22.4 Å². The summed E-state index contributed by atoms with van der Waals surface area (Å²) >= 11 is 1.46. The Kier molecular flexibility index (Phi) is 4.94. The lowest BCUT2D eigenvalue weighted by molar-refractivity contribution is 0.414. The third kappa shape index (κ3) is 3.98. The molecule has 1 N–H and O–H groups in total. The van der Waals surface area contributed by atoms with Crippen LogP contribution in [0.5, 0.6) is 5.75 Å². The van der Waals surface area contributed by atoms with Gasteiger partial charge in [0.15, 0.2) is 0 Å². The second-order valence-electron chi connectivity index (χ2n) is 7.30. The van der Waals surface area contributed by atoms with E-state index in [1.807, 2.05) is 12.1 Å². The van der Waals surface area contributed by atoms with Crippen molar-refractivity contribution in [2.75, 3.05) is 30.4 Å². The standard InChI is InChI=1S/C18H26N4OS/c1-18(2,3)16-20-17(24-21-16)19-13-7-6-10-22(12-13)14-8-5-9-15(11-14)23-4/h5,8-9,11,13H,6-7,10,12H2,1-4H3,(H,19,20,21). The molecule has 1 aliphatic heterocycles. The van der Waals surface area contributed by atoms with Crippen LogP contribution in [-0.2, 0) is 5.41 Å². The number of anilines is 2. The number of hydrogen-bond donors (Lipinski definition) is 1. The Labute approximate surface area is 148 Å².